The third-order valence-corrected chi connectivity index (χ3v) is 6.83. The van der Waals surface area contributed by atoms with Gasteiger partial charge in [-0.15, -0.1) is 0 Å². The predicted molar refractivity (Wildman–Crippen MR) is 97.3 cm³/mol. The summed E-state index contributed by atoms with van der Waals surface area (Å²) in [5.41, 5.74) is -7.27. The average Bonchev–Trinajstić information content (AvgIpc) is 3.17. The van der Waals surface area contributed by atoms with Crippen LogP contribution in [0.1, 0.15) is 31.4 Å². The van der Waals surface area contributed by atoms with E-state index in [9.17, 15) is 31.5 Å². The van der Waals surface area contributed by atoms with Gasteiger partial charge >= 0.3 is 12.8 Å². The Morgan fingerprint density at radius 2 is 1.97 bits per heavy atom. The van der Waals surface area contributed by atoms with Gasteiger partial charge in [0.15, 0.2) is 0 Å². The van der Waals surface area contributed by atoms with Gasteiger partial charge in [-0.05, 0) is 39.1 Å². The molecule has 0 aromatic heterocycles. The zero-order chi connectivity index (χ0) is 23.9. The summed E-state index contributed by atoms with van der Waals surface area (Å²) in [5, 5.41) is 11.8. The van der Waals surface area contributed by atoms with Crippen molar-refractivity contribution in [2.45, 2.75) is 55.9 Å². The summed E-state index contributed by atoms with van der Waals surface area (Å²) in [5.74, 6) is -2.97. The molecule has 2 bridgehead atoms. The standard InChI is InChI=1S/C20H18F5N3O4/c1-17-7-12(31-16(21)22)18(2,32-17)19(27-3)13(17)14(29)28(15(19)30)10-5-4-9(8-26)11(6-10)20(23,24)25/h4-6,12-13,16,27H,7H2,1-3H3/t12-,13?,17?,18?,19+/m0/s1. The second-order valence-corrected chi connectivity index (χ2v) is 8.42. The highest BCUT2D eigenvalue weighted by molar-refractivity contribution is 6.27. The molecule has 3 heterocycles. The molecular formula is C20H18F5N3O4. The molecule has 0 aliphatic carbocycles. The summed E-state index contributed by atoms with van der Waals surface area (Å²) in [7, 11) is 1.35. The number of nitrogens with one attached hydrogen (secondary N) is 1. The Morgan fingerprint density at radius 1 is 1.31 bits per heavy atom. The Bertz CT molecular complexity index is 1060. The minimum Gasteiger partial charge on any atom is -0.363 e. The molecule has 3 unspecified atom stereocenters. The number of fused-ring (bicyclic) bond motifs is 5. The zero-order valence-electron chi connectivity index (χ0n) is 17.1. The van der Waals surface area contributed by atoms with Gasteiger partial charge in [-0.3, -0.25) is 9.59 Å². The number of anilines is 1. The van der Waals surface area contributed by atoms with E-state index >= 15 is 0 Å². The van der Waals surface area contributed by atoms with Crippen molar-refractivity contribution in [2.24, 2.45) is 5.92 Å². The maximum absolute atomic E-state index is 13.6. The molecule has 5 atom stereocenters. The number of carbonyl (C=O) groups is 2. The van der Waals surface area contributed by atoms with Crippen LogP contribution in [0.4, 0.5) is 27.6 Å². The van der Waals surface area contributed by atoms with E-state index in [1.54, 1.807) is 0 Å². The quantitative estimate of drug-likeness (QED) is 0.550. The monoisotopic (exact) mass is 459 g/mol. The number of halogens is 5. The van der Waals surface area contributed by atoms with Gasteiger partial charge in [-0.25, -0.2) is 4.90 Å². The molecule has 3 aliphatic rings. The van der Waals surface area contributed by atoms with E-state index in [1.165, 1.54) is 27.0 Å². The molecule has 0 radical (unpaired) electrons. The average molecular weight is 459 g/mol. The third-order valence-electron chi connectivity index (χ3n) is 6.83. The van der Waals surface area contributed by atoms with Crippen LogP contribution in [0.2, 0.25) is 0 Å². The number of hydrogen-bond donors (Lipinski definition) is 1. The van der Waals surface area contributed by atoms with Crippen LogP contribution in [0.3, 0.4) is 0 Å². The van der Waals surface area contributed by atoms with Crippen molar-refractivity contribution < 1.29 is 41.0 Å². The molecule has 32 heavy (non-hydrogen) atoms. The smallest absolute Gasteiger partial charge is 0.363 e. The molecule has 3 saturated heterocycles. The van der Waals surface area contributed by atoms with E-state index in [-0.39, 0.29) is 12.1 Å². The molecular weight excluding hydrogens is 441 g/mol. The van der Waals surface area contributed by atoms with E-state index in [0.29, 0.717) is 11.0 Å². The van der Waals surface area contributed by atoms with Crippen molar-refractivity contribution >= 4 is 17.5 Å². The molecule has 3 aliphatic heterocycles. The number of nitriles is 1. The normalized spacial score (nSPS) is 36.2. The summed E-state index contributed by atoms with van der Waals surface area (Å²) >= 11 is 0. The third kappa shape index (κ3) is 2.61. The van der Waals surface area contributed by atoms with E-state index in [4.69, 9.17) is 14.7 Å². The maximum atomic E-state index is 13.6. The minimum atomic E-state index is -4.90. The predicted octanol–water partition coefficient (Wildman–Crippen LogP) is 2.58. The SMILES string of the molecule is CN[C@@]12C(=O)N(c3ccc(C#N)c(C(F)(F)F)c3)C(=O)C1C1(C)C[C@H](OC(F)F)C2(C)O1. The lowest BCUT2D eigenvalue weighted by Crippen LogP contribution is -2.71. The maximum Gasteiger partial charge on any atom is 0.417 e. The Hall–Kier alpha value is -2.62. The Morgan fingerprint density at radius 3 is 2.50 bits per heavy atom. The minimum absolute atomic E-state index is 0.115. The van der Waals surface area contributed by atoms with Gasteiger partial charge in [0.2, 0.25) is 5.91 Å². The van der Waals surface area contributed by atoms with Crippen LogP contribution in [-0.2, 0) is 25.2 Å². The fourth-order valence-corrected chi connectivity index (χ4v) is 5.65. The first-order chi connectivity index (χ1) is 14.8. The number of nitrogens with zero attached hydrogens (tertiary/aromatic N) is 2. The van der Waals surface area contributed by atoms with Gasteiger partial charge in [-0.2, -0.15) is 27.2 Å². The molecule has 172 valence electrons. The summed E-state index contributed by atoms with van der Waals surface area (Å²) in [6.07, 6.45) is -6.27. The summed E-state index contributed by atoms with van der Waals surface area (Å²) < 4.78 is 77.0. The van der Waals surface area contributed by atoms with Crippen LogP contribution in [0.15, 0.2) is 18.2 Å². The highest BCUT2D eigenvalue weighted by Crippen LogP contribution is 2.64. The van der Waals surface area contributed by atoms with Crippen molar-refractivity contribution in [1.82, 2.24) is 5.32 Å². The van der Waals surface area contributed by atoms with Crippen molar-refractivity contribution in [2.75, 3.05) is 11.9 Å². The number of amides is 2. The zero-order valence-corrected chi connectivity index (χ0v) is 17.1. The topological polar surface area (TPSA) is 91.7 Å². The molecule has 3 fully saturated rings. The highest BCUT2D eigenvalue weighted by Gasteiger charge is 2.84. The van der Waals surface area contributed by atoms with Crippen molar-refractivity contribution in [1.29, 1.82) is 5.26 Å². The van der Waals surface area contributed by atoms with E-state index < -0.39 is 64.5 Å². The summed E-state index contributed by atoms with van der Waals surface area (Å²) in [6, 6.07) is 3.92. The first-order valence-electron chi connectivity index (χ1n) is 9.59. The number of rotatable bonds is 4. The van der Waals surface area contributed by atoms with Crippen LogP contribution >= 0.6 is 0 Å². The first-order valence-corrected chi connectivity index (χ1v) is 9.59. The molecule has 4 rings (SSSR count). The first kappa shape index (κ1) is 22.6. The second-order valence-electron chi connectivity index (χ2n) is 8.42. The number of likely N-dealkylation sites (N-methyl/N-ethyl adjacent to an activating group) is 1. The second kappa shape index (κ2) is 6.69. The van der Waals surface area contributed by atoms with E-state index in [0.717, 1.165) is 12.1 Å². The van der Waals surface area contributed by atoms with Crippen LogP contribution in [0.25, 0.3) is 0 Å². The van der Waals surface area contributed by atoms with Gasteiger partial charge in [0.25, 0.3) is 5.91 Å². The Labute approximate surface area is 179 Å². The van der Waals surface area contributed by atoms with Crippen LogP contribution < -0.4 is 10.2 Å². The molecule has 1 aromatic rings. The highest BCUT2D eigenvalue weighted by atomic mass is 19.4. The van der Waals surface area contributed by atoms with Crippen LogP contribution in [0.5, 0.6) is 0 Å². The number of ether oxygens (including phenoxy) is 2. The number of carbonyl (C=O) groups excluding carboxylic acids is 2. The Kier molecular flexibility index (Phi) is 4.72. The van der Waals surface area contributed by atoms with Crippen molar-refractivity contribution in [3.8, 4) is 6.07 Å². The Balaban J connectivity index is 1.86. The molecule has 1 aromatic carbocycles. The number of imide groups is 1. The van der Waals surface area contributed by atoms with Crippen LogP contribution in [-0.4, -0.2) is 48.3 Å². The van der Waals surface area contributed by atoms with Gasteiger partial charge < -0.3 is 14.8 Å². The number of hydrogen-bond acceptors (Lipinski definition) is 6. The fourth-order valence-electron chi connectivity index (χ4n) is 5.65. The molecule has 0 saturated carbocycles. The van der Waals surface area contributed by atoms with Crippen molar-refractivity contribution in [3.63, 3.8) is 0 Å². The summed E-state index contributed by atoms with van der Waals surface area (Å²) in [4.78, 5) is 27.6. The summed E-state index contributed by atoms with van der Waals surface area (Å²) in [6.45, 7) is -0.304. The van der Waals surface area contributed by atoms with Gasteiger partial charge in [-0.1, -0.05) is 0 Å². The van der Waals surface area contributed by atoms with Crippen molar-refractivity contribution in [3.05, 3.63) is 29.3 Å². The van der Waals surface area contributed by atoms with E-state index in [2.05, 4.69) is 5.32 Å². The molecule has 0 spiro atoms. The molecule has 1 N–H and O–H groups in total. The van der Waals surface area contributed by atoms with E-state index in [1.807, 2.05) is 0 Å². The van der Waals surface area contributed by atoms with Crippen LogP contribution in [0, 0.1) is 17.2 Å². The fraction of sp³-hybridized carbons (Fsp3) is 0.550. The largest absolute Gasteiger partial charge is 0.417 e. The number of benzene rings is 1. The number of alkyl halides is 5. The lowest BCUT2D eigenvalue weighted by Gasteiger charge is -2.44. The molecule has 12 heteroatoms. The molecule has 2 amide bonds. The van der Waals surface area contributed by atoms with Gasteiger partial charge in [0.05, 0.1) is 40.5 Å². The lowest BCUT2D eigenvalue weighted by atomic mass is 9.62. The van der Waals surface area contributed by atoms with Gasteiger partial charge in [0, 0.05) is 6.42 Å². The lowest BCUT2D eigenvalue weighted by molar-refractivity contribution is -0.205. The van der Waals surface area contributed by atoms with Gasteiger partial charge in [0.1, 0.15) is 11.1 Å². The molecule has 7 nitrogen and oxygen atoms in total.